The molecule has 0 bridgehead atoms. The van der Waals surface area contributed by atoms with Crippen molar-refractivity contribution in [3.8, 4) is 5.75 Å². The number of benzene rings is 2. The zero-order valence-electron chi connectivity index (χ0n) is 18.2. The third kappa shape index (κ3) is 7.06. The first kappa shape index (κ1) is 23.7. The van der Waals surface area contributed by atoms with E-state index in [4.69, 9.17) is 4.74 Å². The number of amides is 1. The third-order valence-electron chi connectivity index (χ3n) is 4.75. The molecule has 0 aromatic heterocycles. The van der Waals surface area contributed by atoms with Crippen molar-refractivity contribution in [1.82, 2.24) is 5.32 Å². The Hall–Kier alpha value is -2.54. The summed E-state index contributed by atoms with van der Waals surface area (Å²) in [6, 6.07) is 15.1. The molecule has 2 aromatic carbocycles. The molecule has 0 fully saturated rings. The van der Waals surface area contributed by atoms with Crippen LogP contribution in [-0.4, -0.2) is 40.3 Å². The highest BCUT2D eigenvalue weighted by atomic mass is 32.2. The number of carbonyl (C=O) groups excluding carboxylic acids is 1. The standard InChI is InChI=1S/C23H32N2O4S/c1-5-29-22-11-7-6-9-20(22)10-8-16-24-23(26)17-25(30(4,27)28)21-14-12-19(13-15-21)18(2)3/h6-7,9,11-15,18H,5,8,10,16-17H2,1-4H3,(H,24,26). The molecule has 0 aliphatic rings. The first-order valence-corrected chi connectivity index (χ1v) is 12.1. The minimum atomic E-state index is -3.58. The average Bonchev–Trinajstić information content (AvgIpc) is 2.70. The monoisotopic (exact) mass is 432 g/mol. The Kier molecular flexibility index (Phi) is 8.72. The van der Waals surface area contributed by atoms with Gasteiger partial charge in [-0.15, -0.1) is 0 Å². The fraction of sp³-hybridized carbons (Fsp3) is 0.435. The number of nitrogens with one attached hydrogen (secondary N) is 1. The van der Waals surface area contributed by atoms with Gasteiger partial charge in [-0.25, -0.2) is 8.42 Å². The summed E-state index contributed by atoms with van der Waals surface area (Å²) >= 11 is 0. The molecule has 30 heavy (non-hydrogen) atoms. The molecular weight excluding hydrogens is 400 g/mol. The van der Waals surface area contributed by atoms with Gasteiger partial charge in [0.15, 0.2) is 0 Å². The quantitative estimate of drug-likeness (QED) is 0.549. The lowest BCUT2D eigenvalue weighted by atomic mass is 10.0. The summed E-state index contributed by atoms with van der Waals surface area (Å²) in [5, 5.41) is 2.82. The summed E-state index contributed by atoms with van der Waals surface area (Å²) in [7, 11) is -3.58. The van der Waals surface area contributed by atoms with E-state index in [9.17, 15) is 13.2 Å². The largest absolute Gasteiger partial charge is 0.494 e. The van der Waals surface area contributed by atoms with Gasteiger partial charge in [0, 0.05) is 6.54 Å². The Morgan fingerprint density at radius 1 is 1.10 bits per heavy atom. The van der Waals surface area contributed by atoms with Gasteiger partial charge >= 0.3 is 0 Å². The van der Waals surface area contributed by atoms with Crippen molar-refractivity contribution in [2.24, 2.45) is 0 Å². The molecule has 0 heterocycles. The second-order valence-corrected chi connectivity index (χ2v) is 9.42. The van der Waals surface area contributed by atoms with Crippen molar-refractivity contribution < 1.29 is 17.9 Å². The maximum atomic E-state index is 12.4. The summed E-state index contributed by atoms with van der Waals surface area (Å²) in [6.07, 6.45) is 2.61. The van der Waals surface area contributed by atoms with E-state index in [0.29, 0.717) is 24.8 Å². The fourth-order valence-corrected chi connectivity index (χ4v) is 3.98. The van der Waals surface area contributed by atoms with E-state index < -0.39 is 10.0 Å². The molecule has 0 radical (unpaired) electrons. The lowest BCUT2D eigenvalue weighted by Crippen LogP contribution is -2.40. The minimum Gasteiger partial charge on any atom is -0.494 e. The van der Waals surface area contributed by atoms with Crippen molar-refractivity contribution in [3.05, 3.63) is 59.7 Å². The van der Waals surface area contributed by atoms with E-state index in [2.05, 4.69) is 19.2 Å². The number of hydrogen-bond acceptors (Lipinski definition) is 4. The molecule has 2 aromatic rings. The van der Waals surface area contributed by atoms with Crippen LogP contribution in [0.25, 0.3) is 0 Å². The second kappa shape index (κ2) is 11.0. The van der Waals surface area contributed by atoms with Crippen molar-refractivity contribution in [3.63, 3.8) is 0 Å². The highest BCUT2D eigenvalue weighted by molar-refractivity contribution is 7.92. The number of para-hydroxylation sites is 1. The number of nitrogens with zero attached hydrogens (tertiary/aromatic N) is 1. The Balaban J connectivity index is 1.92. The third-order valence-corrected chi connectivity index (χ3v) is 5.89. The first-order valence-electron chi connectivity index (χ1n) is 10.3. The molecule has 0 unspecified atom stereocenters. The van der Waals surface area contributed by atoms with E-state index in [0.717, 1.165) is 40.3 Å². The van der Waals surface area contributed by atoms with Crippen LogP contribution in [0.15, 0.2) is 48.5 Å². The number of sulfonamides is 1. The molecule has 2 rings (SSSR count). The van der Waals surface area contributed by atoms with Crippen LogP contribution in [0.1, 0.15) is 44.2 Å². The molecule has 0 saturated heterocycles. The van der Waals surface area contributed by atoms with Crippen LogP contribution < -0.4 is 14.4 Å². The molecule has 0 atom stereocenters. The smallest absolute Gasteiger partial charge is 0.240 e. The van der Waals surface area contributed by atoms with Crippen molar-refractivity contribution >= 4 is 21.6 Å². The van der Waals surface area contributed by atoms with Crippen LogP contribution in [-0.2, 0) is 21.2 Å². The number of hydrogen-bond donors (Lipinski definition) is 1. The average molecular weight is 433 g/mol. The van der Waals surface area contributed by atoms with Crippen molar-refractivity contribution in [1.29, 1.82) is 0 Å². The highest BCUT2D eigenvalue weighted by Crippen LogP contribution is 2.22. The highest BCUT2D eigenvalue weighted by Gasteiger charge is 2.20. The van der Waals surface area contributed by atoms with Gasteiger partial charge in [0.1, 0.15) is 12.3 Å². The van der Waals surface area contributed by atoms with Crippen LogP contribution in [0.2, 0.25) is 0 Å². The molecule has 6 nitrogen and oxygen atoms in total. The summed E-state index contributed by atoms with van der Waals surface area (Å²) in [5.41, 5.74) is 2.70. The Bertz CT molecular complexity index is 924. The fourth-order valence-electron chi connectivity index (χ4n) is 3.13. The van der Waals surface area contributed by atoms with Crippen molar-refractivity contribution in [2.45, 2.75) is 39.5 Å². The van der Waals surface area contributed by atoms with E-state index in [1.807, 2.05) is 43.3 Å². The van der Waals surface area contributed by atoms with Crippen LogP contribution >= 0.6 is 0 Å². The zero-order valence-corrected chi connectivity index (χ0v) is 19.0. The van der Waals surface area contributed by atoms with E-state index >= 15 is 0 Å². The maximum absolute atomic E-state index is 12.4. The zero-order chi connectivity index (χ0) is 22.1. The number of rotatable bonds is 11. The van der Waals surface area contributed by atoms with E-state index in [1.165, 1.54) is 0 Å². The van der Waals surface area contributed by atoms with Gasteiger partial charge in [0.25, 0.3) is 0 Å². The van der Waals surface area contributed by atoms with Crippen LogP contribution in [0.3, 0.4) is 0 Å². The molecule has 0 aliphatic carbocycles. The SMILES string of the molecule is CCOc1ccccc1CCCNC(=O)CN(c1ccc(C(C)C)cc1)S(C)(=O)=O. The number of carbonyl (C=O) groups is 1. The molecule has 0 saturated carbocycles. The lowest BCUT2D eigenvalue weighted by molar-refractivity contribution is -0.119. The van der Waals surface area contributed by atoms with Crippen LogP contribution in [0.5, 0.6) is 5.75 Å². The van der Waals surface area contributed by atoms with Gasteiger partial charge in [-0.3, -0.25) is 9.10 Å². The summed E-state index contributed by atoms with van der Waals surface area (Å²) in [6.45, 7) is 6.92. The van der Waals surface area contributed by atoms with Gasteiger partial charge in [0.2, 0.25) is 15.9 Å². The summed E-state index contributed by atoms with van der Waals surface area (Å²) in [4.78, 5) is 12.4. The molecule has 0 aliphatic heterocycles. The van der Waals surface area contributed by atoms with Crippen LogP contribution in [0.4, 0.5) is 5.69 Å². The second-order valence-electron chi connectivity index (χ2n) is 7.51. The van der Waals surface area contributed by atoms with Gasteiger partial charge < -0.3 is 10.1 Å². The number of ether oxygens (including phenoxy) is 1. The van der Waals surface area contributed by atoms with Crippen molar-refractivity contribution in [2.75, 3.05) is 30.3 Å². The van der Waals surface area contributed by atoms with Gasteiger partial charge in [0.05, 0.1) is 18.6 Å². The van der Waals surface area contributed by atoms with E-state index in [1.54, 1.807) is 12.1 Å². The maximum Gasteiger partial charge on any atom is 0.240 e. The molecular formula is C23H32N2O4S. The lowest BCUT2D eigenvalue weighted by Gasteiger charge is -2.22. The summed E-state index contributed by atoms with van der Waals surface area (Å²) in [5.74, 6) is 0.882. The topological polar surface area (TPSA) is 75.7 Å². The van der Waals surface area contributed by atoms with Gasteiger partial charge in [-0.1, -0.05) is 44.2 Å². The molecule has 1 amide bonds. The molecule has 1 N–H and O–H groups in total. The van der Waals surface area contributed by atoms with Gasteiger partial charge in [-0.2, -0.15) is 0 Å². The minimum absolute atomic E-state index is 0.241. The first-order chi connectivity index (χ1) is 14.2. The number of aryl methyl sites for hydroxylation is 1. The molecule has 164 valence electrons. The molecule has 0 spiro atoms. The predicted octanol–water partition coefficient (Wildman–Crippen LogP) is 3.72. The Morgan fingerprint density at radius 3 is 2.37 bits per heavy atom. The molecule has 7 heteroatoms. The van der Waals surface area contributed by atoms with Gasteiger partial charge in [-0.05, 0) is 55.0 Å². The normalized spacial score (nSPS) is 11.4. The number of anilines is 1. The summed E-state index contributed by atoms with van der Waals surface area (Å²) < 4.78 is 31.2. The Labute approximate surface area is 180 Å². The predicted molar refractivity (Wildman–Crippen MR) is 122 cm³/mol. The van der Waals surface area contributed by atoms with Crippen LogP contribution in [0, 0.1) is 0 Å². The Morgan fingerprint density at radius 2 is 1.77 bits per heavy atom. The van der Waals surface area contributed by atoms with E-state index in [-0.39, 0.29) is 12.5 Å².